The number of benzene rings is 1. The van der Waals surface area contributed by atoms with E-state index in [9.17, 15) is 4.79 Å². The van der Waals surface area contributed by atoms with Crippen LogP contribution < -0.4 is 0 Å². The zero-order chi connectivity index (χ0) is 13.8. The lowest BCUT2D eigenvalue weighted by atomic mass is 9.78. The Balaban J connectivity index is 1.94. The third kappa shape index (κ3) is 3.82. The molecule has 0 amide bonds. The fourth-order valence-electron chi connectivity index (χ4n) is 3.07. The third-order valence-corrected chi connectivity index (χ3v) is 4.17. The van der Waals surface area contributed by atoms with Gasteiger partial charge in [0.25, 0.3) is 0 Å². The van der Waals surface area contributed by atoms with E-state index in [1.54, 1.807) is 0 Å². The van der Waals surface area contributed by atoms with Crippen LogP contribution in [0.3, 0.4) is 0 Å². The maximum atomic E-state index is 10.9. The van der Waals surface area contributed by atoms with Crippen molar-refractivity contribution in [3.63, 3.8) is 0 Å². The van der Waals surface area contributed by atoms with Gasteiger partial charge in [0.15, 0.2) is 0 Å². The molecule has 0 heterocycles. The van der Waals surface area contributed by atoms with E-state index < -0.39 is 5.97 Å². The van der Waals surface area contributed by atoms with Crippen LogP contribution >= 0.6 is 0 Å². The minimum atomic E-state index is -0.620. The van der Waals surface area contributed by atoms with Gasteiger partial charge in [-0.2, -0.15) is 0 Å². The molecule has 1 saturated carbocycles. The molecule has 0 aliphatic heterocycles. The second-order valence-electron chi connectivity index (χ2n) is 6.23. The standard InChI is InChI=1S/C17H24O2/c1-12(2)11-13-3-5-14(6-4-13)15-7-9-16(10-8-15)17(18)19/h3-6,12,15-16H,7-11H2,1-2H3,(H,18,19). The molecule has 0 saturated heterocycles. The van der Waals surface area contributed by atoms with Crippen molar-refractivity contribution in [3.05, 3.63) is 35.4 Å². The van der Waals surface area contributed by atoms with Gasteiger partial charge >= 0.3 is 5.97 Å². The van der Waals surface area contributed by atoms with E-state index in [-0.39, 0.29) is 5.92 Å². The molecule has 1 aromatic carbocycles. The van der Waals surface area contributed by atoms with Crippen molar-refractivity contribution in [2.45, 2.75) is 51.9 Å². The highest BCUT2D eigenvalue weighted by atomic mass is 16.4. The second kappa shape index (κ2) is 6.23. The maximum absolute atomic E-state index is 10.9. The summed E-state index contributed by atoms with van der Waals surface area (Å²) in [5.41, 5.74) is 2.79. The van der Waals surface area contributed by atoms with Gasteiger partial charge in [-0.15, -0.1) is 0 Å². The van der Waals surface area contributed by atoms with E-state index in [1.165, 1.54) is 11.1 Å². The second-order valence-corrected chi connectivity index (χ2v) is 6.23. The van der Waals surface area contributed by atoms with Crippen LogP contribution in [-0.4, -0.2) is 11.1 Å². The van der Waals surface area contributed by atoms with Crippen LogP contribution in [0.25, 0.3) is 0 Å². The zero-order valence-electron chi connectivity index (χ0n) is 11.9. The average Bonchev–Trinajstić information content (AvgIpc) is 2.39. The molecule has 0 atom stereocenters. The van der Waals surface area contributed by atoms with E-state index >= 15 is 0 Å². The molecule has 0 spiro atoms. The van der Waals surface area contributed by atoms with Gasteiger partial charge in [0.2, 0.25) is 0 Å². The lowest BCUT2D eigenvalue weighted by Crippen LogP contribution is -2.20. The zero-order valence-corrected chi connectivity index (χ0v) is 11.9. The van der Waals surface area contributed by atoms with E-state index in [0.717, 1.165) is 32.1 Å². The SMILES string of the molecule is CC(C)Cc1ccc(C2CCC(C(=O)O)CC2)cc1. The molecule has 2 heteroatoms. The monoisotopic (exact) mass is 260 g/mol. The first-order valence-corrected chi connectivity index (χ1v) is 7.38. The van der Waals surface area contributed by atoms with Crippen molar-refractivity contribution in [3.8, 4) is 0 Å². The van der Waals surface area contributed by atoms with Crippen molar-refractivity contribution in [2.24, 2.45) is 11.8 Å². The number of rotatable bonds is 4. The number of carbonyl (C=O) groups is 1. The minimum Gasteiger partial charge on any atom is -0.481 e. The number of aliphatic carboxylic acids is 1. The van der Waals surface area contributed by atoms with Crippen molar-refractivity contribution < 1.29 is 9.90 Å². The molecule has 1 aliphatic carbocycles. The van der Waals surface area contributed by atoms with Gasteiger partial charge in [0.1, 0.15) is 0 Å². The summed E-state index contributed by atoms with van der Waals surface area (Å²) in [5, 5.41) is 9.02. The van der Waals surface area contributed by atoms with Crippen LogP contribution in [0.2, 0.25) is 0 Å². The van der Waals surface area contributed by atoms with Gasteiger partial charge in [-0.1, -0.05) is 38.1 Å². The van der Waals surface area contributed by atoms with Gasteiger partial charge in [-0.25, -0.2) is 0 Å². The van der Waals surface area contributed by atoms with Crippen LogP contribution in [0.1, 0.15) is 56.6 Å². The van der Waals surface area contributed by atoms with Gasteiger partial charge in [-0.05, 0) is 55.1 Å². The molecule has 2 rings (SSSR count). The third-order valence-electron chi connectivity index (χ3n) is 4.17. The summed E-state index contributed by atoms with van der Waals surface area (Å²) in [6, 6.07) is 8.95. The van der Waals surface area contributed by atoms with Gasteiger partial charge in [0, 0.05) is 0 Å². The predicted molar refractivity (Wildman–Crippen MR) is 77.3 cm³/mol. The van der Waals surface area contributed by atoms with E-state index in [0.29, 0.717) is 11.8 Å². The Morgan fingerprint density at radius 3 is 2.21 bits per heavy atom. The summed E-state index contributed by atoms with van der Waals surface area (Å²) in [6.45, 7) is 4.47. The van der Waals surface area contributed by atoms with Crippen LogP contribution in [0.4, 0.5) is 0 Å². The highest BCUT2D eigenvalue weighted by Crippen LogP contribution is 2.35. The molecule has 19 heavy (non-hydrogen) atoms. The molecular weight excluding hydrogens is 236 g/mol. The Morgan fingerprint density at radius 1 is 1.16 bits per heavy atom. The molecule has 104 valence electrons. The Bertz CT molecular complexity index is 411. The van der Waals surface area contributed by atoms with Crippen molar-refractivity contribution in [1.82, 2.24) is 0 Å². The van der Waals surface area contributed by atoms with Crippen molar-refractivity contribution >= 4 is 5.97 Å². The van der Waals surface area contributed by atoms with E-state index in [1.807, 2.05) is 0 Å². The Labute approximate surface area is 115 Å². The van der Waals surface area contributed by atoms with Gasteiger partial charge in [-0.3, -0.25) is 4.79 Å². The normalized spacial score (nSPS) is 23.5. The first-order valence-electron chi connectivity index (χ1n) is 7.38. The molecule has 0 bridgehead atoms. The topological polar surface area (TPSA) is 37.3 Å². The Hall–Kier alpha value is -1.31. The summed E-state index contributed by atoms with van der Waals surface area (Å²) in [4.78, 5) is 10.9. The molecule has 0 radical (unpaired) electrons. The molecule has 0 unspecified atom stereocenters. The van der Waals surface area contributed by atoms with Crippen LogP contribution in [0.15, 0.2) is 24.3 Å². The lowest BCUT2D eigenvalue weighted by molar-refractivity contribution is -0.142. The molecule has 1 aliphatic rings. The van der Waals surface area contributed by atoms with Crippen LogP contribution in [-0.2, 0) is 11.2 Å². The smallest absolute Gasteiger partial charge is 0.306 e. The molecule has 2 nitrogen and oxygen atoms in total. The Kier molecular flexibility index (Phi) is 4.62. The summed E-state index contributed by atoms with van der Waals surface area (Å²) in [6.07, 6.45) is 4.81. The average molecular weight is 260 g/mol. The first-order chi connectivity index (χ1) is 9.06. The van der Waals surface area contributed by atoms with Crippen LogP contribution in [0, 0.1) is 11.8 Å². The summed E-state index contributed by atoms with van der Waals surface area (Å²) in [5.74, 6) is 0.516. The molecule has 1 N–H and O–H groups in total. The minimum absolute atomic E-state index is 0.114. The van der Waals surface area contributed by atoms with Gasteiger partial charge < -0.3 is 5.11 Å². The van der Waals surface area contributed by atoms with E-state index in [2.05, 4.69) is 38.1 Å². The number of hydrogen-bond acceptors (Lipinski definition) is 1. The summed E-state index contributed by atoms with van der Waals surface area (Å²) in [7, 11) is 0. The summed E-state index contributed by atoms with van der Waals surface area (Å²) >= 11 is 0. The Morgan fingerprint density at radius 2 is 1.74 bits per heavy atom. The van der Waals surface area contributed by atoms with E-state index in [4.69, 9.17) is 5.11 Å². The highest BCUT2D eigenvalue weighted by Gasteiger charge is 2.26. The van der Waals surface area contributed by atoms with Crippen LogP contribution in [0.5, 0.6) is 0 Å². The quantitative estimate of drug-likeness (QED) is 0.879. The molecular formula is C17H24O2. The fraction of sp³-hybridized carbons (Fsp3) is 0.588. The highest BCUT2D eigenvalue weighted by molar-refractivity contribution is 5.70. The first kappa shape index (κ1) is 14.1. The van der Waals surface area contributed by atoms with Crippen molar-refractivity contribution in [2.75, 3.05) is 0 Å². The maximum Gasteiger partial charge on any atom is 0.306 e. The largest absolute Gasteiger partial charge is 0.481 e. The van der Waals surface area contributed by atoms with Crippen molar-refractivity contribution in [1.29, 1.82) is 0 Å². The number of hydrogen-bond donors (Lipinski definition) is 1. The fourth-order valence-corrected chi connectivity index (χ4v) is 3.07. The molecule has 0 aromatic heterocycles. The number of carboxylic acids is 1. The summed E-state index contributed by atoms with van der Waals surface area (Å²) < 4.78 is 0. The molecule has 1 aromatic rings. The van der Waals surface area contributed by atoms with Gasteiger partial charge in [0.05, 0.1) is 5.92 Å². The molecule has 1 fully saturated rings. The lowest BCUT2D eigenvalue weighted by Gasteiger charge is -2.26. The number of carboxylic acid groups (broad SMARTS) is 1. The predicted octanol–water partition coefficient (Wildman–Crippen LogP) is 4.24.